The first-order valence-corrected chi connectivity index (χ1v) is 13.0. The summed E-state index contributed by atoms with van der Waals surface area (Å²) in [7, 11) is 1.56. The van der Waals surface area contributed by atoms with Gasteiger partial charge in [-0.2, -0.15) is 5.10 Å². The number of aromatic nitrogens is 3. The number of rotatable bonds is 6. The molecule has 4 aromatic rings. The summed E-state index contributed by atoms with van der Waals surface area (Å²) in [5.74, 6) is 0.196. The lowest BCUT2D eigenvalue weighted by molar-refractivity contribution is -0.115. The lowest BCUT2D eigenvalue weighted by atomic mass is 9.86. The minimum Gasteiger partial charge on any atom is -0.456 e. The van der Waals surface area contributed by atoms with Gasteiger partial charge in [0.25, 0.3) is 0 Å². The number of ether oxygens (including phenoxy) is 1. The Balaban J connectivity index is 0.00000103. The molecule has 0 aliphatic rings. The van der Waals surface area contributed by atoms with Crippen LogP contribution in [-0.2, 0) is 27.0 Å². The predicted octanol–water partition coefficient (Wildman–Crippen LogP) is 6.27. The number of nitrogens with one attached hydrogen (secondary N) is 2. The first-order chi connectivity index (χ1) is 18.7. The first-order valence-electron chi connectivity index (χ1n) is 13.0. The van der Waals surface area contributed by atoms with E-state index in [1.165, 1.54) is 6.07 Å². The van der Waals surface area contributed by atoms with E-state index < -0.39 is 5.82 Å². The van der Waals surface area contributed by atoms with Gasteiger partial charge in [-0.1, -0.05) is 26.8 Å². The van der Waals surface area contributed by atoms with E-state index in [1.54, 1.807) is 42.5 Å². The smallest absolute Gasteiger partial charge is 0.228 e. The van der Waals surface area contributed by atoms with Crippen LogP contribution >= 0.6 is 0 Å². The standard InChI is InChI=1S/C29H33FN4O2.C2H5NO/c1-18-12-19(13-27(35)33-21-16-32-34(17-21)29(5,6)7)23(30)15-26(18)36-25-10-11-31-24-9-8-20(14-22(24)25)28(2,3)4;1-3-2-4/h8-12,14-17H,13H2,1-7H3,(H,33,35);2H,1H3,(H,3,4). The number of benzene rings is 2. The van der Waals surface area contributed by atoms with Gasteiger partial charge in [0, 0.05) is 30.9 Å². The number of carbonyl (C=O) groups is 2. The number of pyridine rings is 1. The van der Waals surface area contributed by atoms with Gasteiger partial charge in [-0.3, -0.25) is 19.3 Å². The Kier molecular flexibility index (Phi) is 9.29. The number of anilines is 1. The van der Waals surface area contributed by atoms with Gasteiger partial charge in [0.2, 0.25) is 12.3 Å². The molecule has 0 radical (unpaired) electrons. The van der Waals surface area contributed by atoms with Crippen molar-refractivity contribution in [1.29, 1.82) is 0 Å². The SMILES string of the molecule is CNC=O.Cc1cc(CC(=O)Nc2cnn(C(C)(C)C)c2)c(F)cc1Oc1ccnc2ccc(C(C)(C)C)cc12. The molecule has 2 aromatic heterocycles. The van der Waals surface area contributed by atoms with Crippen molar-refractivity contribution in [2.75, 3.05) is 12.4 Å². The molecule has 8 nitrogen and oxygen atoms in total. The number of aryl methyl sites for hydroxylation is 1. The molecule has 2 N–H and O–H groups in total. The Morgan fingerprint density at radius 3 is 2.38 bits per heavy atom. The van der Waals surface area contributed by atoms with Gasteiger partial charge < -0.3 is 15.4 Å². The zero-order valence-electron chi connectivity index (χ0n) is 24.4. The van der Waals surface area contributed by atoms with Crippen molar-refractivity contribution in [3.8, 4) is 11.5 Å². The zero-order chi connectivity index (χ0) is 29.7. The molecule has 0 saturated heterocycles. The number of nitrogens with zero attached hydrogens (tertiary/aromatic N) is 3. The summed E-state index contributed by atoms with van der Waals surface area (Å²) in [5.41, 5.74) is 3.35. The van der Waals surface area contributed by atoms with Crippen LogP contribution in [0.2, 0.25) is 0 Å². The highest BCUT2D eigenvalue weighted by Gasteiger charge is 2.18. The summed E-state index contributed by atoms with van der Waals surface area (Å²) in [6, 6.07) is 10.9. The van der Waals surface area contributed by atoms with Crippen LogP contribution in [0.15, 0.2) is 55.0 Å². The van der Waals surface area contributed by atoms with E-state index >= 15 is 4.39 Å². The van der Waals surface area contributed by atoms with Gasteiger partial charge in [0.1, 0.15) is 17.3 Å². The average molecular weight is 548 g/mol. The van der Waals surface area contributed by atoms with Gasteiger partial charge in [-0.05, 0) is 74.1 Å². The fourth-order valence-electron chi connectivity index (χ4n) is 3.90. The molecule has 212 valence electrons. The predicted molar refractivity (Wildman–Crippen MR) is 156 cm³/mol. The topological polar surface area (TPSA) is 98.1 Å². The second kappa shape index (κ2) is 12.3. The molecule has 0 fully saturated rings. The third-order valence-electron chi connectivity index (χ3n) is 6.15. The first kappa shape index (κ1) is 30.3. The fraction of sp³-hybridized carbons (Fsp3) is 0.355. The molecule has 2 amide bonds. The van der Waals surface area contributed by atoms with Crippen LogP contribution < -0.4 is 15.4 Å². The van der Waals surface area contributed by atoms with Crippen molar-refractivity contribution in [3.63, 3.8) is 0 Å². The van der Waals surface area contributed by atoms with Crippen LogP contribution in [0.1, 0.15) is 58.2 Å². The molecule has 4 rings (SSSR count). The Morgan fingerprint density at radius 2 is 1.77 bits per heavy atom. The minimum atomic E-state index is -0.495. The summed E-state index contributed by atoms with van der Waals surface area (Å²) in [6.07, 6.45) is 5.56. The van der Waals surface area contributed by atoms with Crippen molar-refractivity contribution in [1.82, 2.24) is 20.1 Å². The molecule has 0 aliphatic heterocycles. The number of halogens is 1. The molecule has 0 saturated carbocycles. The van der Waals surface area contributed by atoms with E-state index in [0.717, 1.165) is 22.0 Å². The second-order valence-corrected chi connectivity index (χ2v) is 11.6. The molecule has 2 aromatic carbocycles. The van der Waals surface area contributed by atoms with Crippen LogP contribution in [0.5, 0.6) is 11.5 Å². The Bertz CT molecular complexity index is 1500. The van der Waals surface area contributed by atoms with Crippen molar-refractivity contribution < 1.29 is 18.7 Å². The van der Waals surface area contributed by atoms with Crippen LogP contribution in [0.3, 0.4) is 0 Å². The summed E-state index contributed by atoms with van der Waals surface area (Å²) >= 11 is 0. The van der Waals surface area contributed by atoms with Gasteiger partial charge in [-0.15, -0.1) is 0 Å². The summed E-state index contributed by atoms with van der Waals surface area (Å²) in [6.45, 7) is 14.3. The largest absolute Gasteiger partial charge is 0.456 e. The normalized spacial score (nSPS) is 11.4. The maximum absolute atomic E-state index is 15.0. The number of fused-ring (bicyclic) bond motifs is 1. The average Bonchev–Trinajstić information content (AvgIpc) is 3.35. The van der Waals surface area contributed by atoms with E-state index in [1.807, 2.05) is 33.8 Å². The molecule has 40 heavy (non-hydrogen) atoms. The number of amides is 2. The van der Waals surface area contributed by atoms with Crippen LogP contribution in [0.4, 0.5) is 10.1 Å². The maximum Gasteiger partial charge on any atom is 0.228 e. The summed E-state index contributed by atoms with van der Waals surface area (Å²) in [5, 5.41) is 10.2. The molecular formula is C31H38FN5O3. The second-order valence-electron chi connectivity index (χ2n) is 11.6. The molecule has 0 spiro atoms. The number of carbonyl (C=O) groups excluding carboxylic acids is 2. The van der Waals surface area contributed by atoms with Gasteiger partial charge in [0.15, 0.2) is 0 Å². The van der Waals surface area contributed by atoms with Crippen LogP contribution in [0, 0.1) is 12.7 Å². The van der Waals surface area contributed by atoms with Crippen molar-refractivity contribution in [2.45, 2.75) is 65.8 Å². The van der Waals surface area contributed by atoms with Gasteiger partial charge in [-0.25, -0.2) is 4.39 Å². The van der Waals surface area contributed by atoms with Crippen LogP contribution in [0.25, 0.3) is 10.9 Å². The molecular weight excluding hydrogens is 509 g/mol. The molecule has 9 heteroatoms. The third kappa shape index (κ3) is 7.65. The number of hydrogen-bond donors (Lipinski definition) is 2. The Morgan fingerprint density at radius 1 is 1.07 bits per heavy atom. The molecule has 0 atom stereocenters. The summed E-state index contributed by atoms with van der Waals surface area (Å²) < 4.78 is 23.0. The van der Waals surface area contributed by atoms with Crippen LogP contribution in [-0.4, -0.2) is 34.1 Å². The molecule has 0 aliphatic carbocycles. The van der Waals surface area contributed by atoms with E-state index in [-0.39, 0.29) is 23.3 Å². The molecule has 2 heterocycles. The monoisotopic (exact) mass is 547 g/mol. The zero-order valence-corrected chi connectivity index (χ0v) is 24.4. The van der Waals surface area contributed by atoms with E-state index in [0.29, 0.717) is 29.2 Å². The van der Waals surface area contributed by atoms with E-state index in [4.69, 9.17) is 9.53 Å². The third-order valence-corrected chi connectivity index (χ3v) is 6.15. The van der Waals surface area contributed by atoms with Crippen molar-refractivity contribution in [3.05, 3.63) is 77.5 Å². The summed E-state index contributed by atoms with van der Waals surface area (Å²) in [4.78, 5) is 26.1. The molecule has 0 unspecified atom stereocenters. The lowest BCUT2D eigenvalue weighted by Gasteiger charge is -2.20. The highest BCUT2D eigenvalue weighted by molar-refractivity contribution is 5.92. The maximum atomic E-state index is 15.0. The van der Waals surface area contributed by atoms with Gasteiger partial charge >= 0.3 is 0 Å². The van der Waals surface area contributed by atoms with Crippen molar-refractivity contribution in [2.24, 2.45) is 0 Å². The Hall–Kier alpha value is -4.27. The quantitative estimate of drug-likeness (QED) is 0.277. The number of hydrogen-bond acceptors (Lipinski definition) is 5. The van der Waals surface area contributed by atoms with Crippen molar-refractivity contribution >= 4 is 28.9 Å². The minimum absolute atomic E-state index is 0.0308. The highest BCUT2D eigenvalue weighted by Crippen LogP contribution is 2.34. The lowest BCUT2D eigenvalue weighted by Crippen LogP contribution is -2.22. The van der Waals surface area contributed by atoms with E-state index in [2.05, 4.69) is 53.6 Å². The highest BCUT2D eigenvalue weighted by atomic mass is 19.1. The Labute approximate surface area is 235 Å². The van der Waals surface area contributed by atoms with Gasteiger partial charge in [0.05, 0.1) is 29.4 Å². The molecule has 0 bridgehead atoms. The fourth-order valence-corrected chi connectivity index (χ4v) is 3.90. The van der Waals surface area contributed by atoms with E-state index in [9.17, 15) is 4.79 Å².